The standard InChI is InChI=1S/C24H26FN5O3/c1-28(24(32)33)21-15-30(14-20(21)17-3-5-19(25)6-4-17)23(31)18-8-10-29(11-9-18)22-7-2-16(12-26)13-27-22/h2-7,13,18,20-21H,8-11,14-15H2,1H3,(H,32,33)/t20-,21+/m1/s1. The largest absolute Gasteiger partial charge is 0.465 e. The fourth-order valence-corrected chi connectivity index (χ4v) is 4.79. The van der Waals surface area contributed by atoms with Crippen molar-refractivity contribution in [3.05, 3.63) is 59.5 Å². The molecule has 1 N–H and O–H groups in total. The molecule has 172 valence electrons. The predicted octanol–water partition coefficient (Wildman–Crippen LogP) is 2.91. The number of carboxylic acid groups (broad SMARTS) is 1. The van der Waals surface area contributed by atoms with Gasteiger partial charge in [-0.2, -0.15) is 5.26 Å². The maximum atomic E-state index is 13.4. The number of hydrogen-bond acceptors (Lipinski definition) is 5. The molecule has 0 saturated carbocycles. The molecule has 2 aliphatic heterocycles. The third-order valence-corrected chi connectivity index (χ3v) is 6.74. The third-order valence-electron chi connectivity index (χ3n) is 6.74. The molecular weight excluding hydrogens is 425 g/mol. The molecular formula is C24H26FN5O3. The van der Waals surface area contributed by atoms with Crippen molar-refractivity contribution >= 4 is 17.8 Å². The molecule has 2 aliphatic rings. The predicted molar refractivity (Wildman–Crippen MR) is 119 cm³/mol. The van der Waals surface area contributed by atoms with E-state index in [1.54, 1.807) is 29.3 Å². The lowest BCUT2D eigenvalue weighted by molar-refractivity contribution is -0.135. The van der Waals surface area contributed by atoms with Gasteiger partial charge in [0.15, 0.2) is 0 Å². The fraction of sp³-hybridized carbons (Fsp3) is 0.417. The van der Waals surface area contributed by atoms with Gasteiger partial charge in [0.1, 0.15) is 17.7 Å². The minimum absolute atomic E-state index is 0.0378. The Bertz CT molecular complexity index is 1050. The normalized spacial score (nSPS) is 21.0. The molecule has 1 aromatic heterocycles. The summed E-state index contributed by atoms with van der Waals surface area (Å²) in [6.45, 7) is 2.09. The number of likely N-dealkylation sites (N-methyl/N-ethyl adjacent to an activating group) is 1. The summed E-state index contributed by atoms with van der Waals surface area (Å²) in [5, 5.41) is 18.5. The van der Waals surface area contributed by atoms with Crippen molar-refractivity contribution in [3.63, 3.8) is 0 Å². The number of nitrogens with zero attached hydrogens (tertiary/aromatic N) is 5. The smallest absolute Gasteiger partial charge is 0.407 e. The van der Waals surface area contributed by atoms with Gasteiger partial charge in [0.05, 0.1) is 11.6 Å². The number of halogens is 1. The van der Waals surface area contributed by atoms with E-state index in [1.807, 2.05) is 6.07 Å². The number of benzene rings is 1. The first-order chi connectivity index (χ1) is 15.9. The molecule has 33 heavy (non-hydrogen) atoms. The second-order valence-corrected chi connectivity index (χ2v) is 8.64. The van der Waals surface area contributed by atoms with Crippen LogP contribution in [0.5, 0.6) is 0 Å². The number of pyridine rings is 1. The first-order valence-electron chi connectivity index (χ1n) is 11.0. The topological polar surface area (TPSA) is 101 Å². The average molecular weight is 452 g/mol. The van der Waals surface area contributed by atoms with Crippen LogP contribution in [-0.4, -0.2) is 71.2 Å². The molecule has 2 amide bonds. The highest BCUT2D eigenvalue weighted by atomic mass is 19.1. The van der Waals surface area contributed by atoms with Crippen molar-refractivity contribution in [3.8, 4) is 6.07 Å². The number of nitriles is 1. The van der Waals surface area contributed by atoms with Crippen LogP contribution in [0.25, 0.3) is 0 Å². The Morgan fingerprint density at radius 2 is 1.85 bits per heavy atom. The second-order valence-electron chi connectivity index (χ2n) is 8.64. The summed E-state index contributed by atoms with van der Waals surface area (Å²) in [7, 11) is 1.51. The lowest BCUT2D eigenvalue weighted by atomic mass is 9.93. The quantitative estimate of drug-likeness (QED) is 0.767. The molecule has 2 atom stereocenters. The Kier molecular flexibility index (Phi) is 6.45. The Labute approximate surface area is 191 Å². The molecule has 2 aromatic rings. The highest BCUT2D eigenvalue weighted by molar-refractivity contribution is 5.80. The van der Waals surface area contributed by atoms with Crippen molar-refractivity contribution in [1.29, 1.82) is 5.26 Å². The summed E-state index contributed by atoms with van der Waals surface area (Å²) in [5.74, 6) is 0.133. The molecule has 4 rings (SSSR count). The van der Waals surface area contributed by atoms with Crippen LogP contribution in [0.1, 0.15) is 29.9 Å². The first-order valence-corrected chi connectivity index (χ1v) is 11.0. The van der Waals surface area contributed by atoms with Crippen LogP contribution in [0.3, 0.4) is 0 Å². The highest BCUT2D eigenvalue weighted by Gasteiger charge is 2.42. The molecule has 8 nitrogen and oxygen atoms in total. The molecule has 0 unspecified atom stereocenters. The summed E-state index contributed by atoms with van der Waals surface area (Å²) in [5.41, 5.74) is 1.33. The maximum absolute atomic E-state index is 13.4. The Balaban J connectivity index is 1.43. The van der Waals surface area contributed by atoms with Gasteiger partial charge in [-0.1, -0.05) is 12.1 Å². The van der Waals surface area contributed by atoms with Crippen molar-refractivity contribution in [2.75, 3.05) is 38.1 Å². The van der Waals surface area contributed by atoms with Gasteiger partial charge in [-0.15, -0.1) is 0 Å². The van der Waals surface area contributed by atoms with Crippen molar-refractivity contribution in [1.82, 2.24) is 14.8 Å². The van der Waals surface area contributed by atoms with Gasteiger partial charge in [0, 0.05) is 51.3 Å². The van der Waals surface area contributed by atoms with E-state index in [9.17, 15) is 19.1 Å². The minimum atomic E-state index is -1.05. The van der Waals surface area contributed by atoms with Crippen LogP contribution in [0, 0.1) is 23.1 Å². The number of rotatable bonds is 4. The van der Waals surface area contributed by atoms with E-state index in [-0.39, 0.29) is 29.6 Å². The lowest BCUT2D eigenvalue weighted by Crippen LogP contribution is -2.44. The van der Waals surface area contributed by atoms with Crippen LogP contribution in [0.2, 0.25) is 0 Å². The van der Waals surface area contributed by atoms with Crippen LogP contribution >= 0.6 is 0 Å². The molecule has 0 spiro atoms. The Morgan fingerprint density at radius 3 is 2.42 bits per heavy atom. The number of anilines is 1. The number of likely N-dealkylation sites (tertiary alicyclic amines) is 1. The number of amides is 2. The summed E-state index contributed by atoms with van der Waals surface area (Å²) >= 11 is 0. The summed E-state index contributed by atoms with van der Waals surface area (Å²) in [4.78, 5) is 34.4. The minimum Gasteiger partial charge on any atom is -0.465 e. The van der Waals surface area contributed by atoms with E-state index in [1.165, 1.54) is 24.1 Å². The number of carbonyl (C=O) groups is 2. The van der Waals surface area contributed by atoms with Gasteiger partial charge in [0.25, 0.3) is 0 Å². The van der Waals surface area contributed by atoms with Crippen molar-refractivity contribution < 1.29 is 19.1 Å². The number of hydrogen-bond donors (Lipinski definition) is 1. The summed E-state index contributed by atoms with van der Waals surface area (Å²) in [6, 6.07) is 11.3. The molecule has 2 fully saturated rings. The van der Waals surface area contributed by atoms with E-state index in [2.05, 4.69) is 16.0 Å². The van der Waals surface area contributed by atoms with E-state index in [4.69, 9.17) is 5.26 Å². The van der Waals surface area contributed by atoms with Crippen LogP contribution in [0.15, 0.2) is 42.6 Å². The zero-order valence-electron chi connectivity index (χ0n) is 18.4. The monoisotopic (exact) mass is 451 g/mol. The highest BCUT2D eigenvalue weighted by Crippen LogP contribution is 2.33. The van der Waals surface area contributed by atoms with Gasteiger partial charge >= 0.3 is 6.09 Å². The molecule has 0 radical (unpaired) electrons. The van der Waals surface area contributed by atoms with Gasteiger partial charge in [-0.3, -0.25) is 4.79 Å². The van der Waals surface area contributed by atoms with E-state index < -0.39 is 6.09 Å². The number of piperidine rings is 1. The summed E-state index contributed by atoms with van der Waals surface area (Å²) in [6.07, 6.45) is 1.85. The molecule has 0 bridgehead atoms. The third kappa shape index (κ3) is 4.75. The molecule has 1 aromatic carbocycles. The zero-order valence-corrected chi connectivity index (χ0v) is 18.4. The van der Waals surface area contributed by atoms with Crippen LogP contribution < -0.4 is 4.90 Å². The molecule has 2 saturated heterocycles. The van der Waals surface area contributed by atoms with Crippen LogP contribution in [0.4, 0.5) is 15.0 Å². The SMILES string of the molecule is CN(C(=O)O)[C@H]1CN(C(=O)C2CCN(c3ccc(C#N)cn3)CC2)C[C@@H]1c1ccc(F)cc1. The maximum Gasteiger partial charge on any atom is 0.407 e. The zero-order chi connectivity index (χ0) is 23.5. The molecule has 0 aliphatic carbocycles. The van der Waals surface area contributed by atoms with Gasteiger partial charge < -0.3 is 19.8 Å². The van der Waals surface area contributed by atoms with Gasteiger partial charge in [0.2, 0.25) is 5.91 Å². The van der Waals surface area contributed by atoms with Crippen molar-refractivity contribution in [2.45, 2.75) is 24.8 Å². The summed E-state index contributed by atoms with van der Waals surface area (Å²) < 4.78 is 13.4. The lowest BCUT2D eigenvalue weighted by Gasteiger charge is -2.34. The van der Waals surface area contributed by atoms with E-state index in [0.29, 0.717) is 44.6 Å². The van der Waals surface area contributed by atoms with E-state index >= 15 is 0 Å². The van der Waals surface area contributed by atoms with Gasteiger partial charge in [-0.25, -0.2) is 14.2 Å². The van der Waals surface area contributed by atoms with E-state index in [0.717, 1.165) is 11.4 Å². The van der Waals surface area contributed by atoms with Crippen LogP contribution in [-0.2, 0) is 4.79 Å². The number of carbonyl (C=O) groups excluding carboxylic acids is 1. The fourth-order valence-electron chi connectivity index (χ4n) is 4.79. The average Bonchev–Trinajstić information content (AvgIpc) is 3.29. The Morgan fingerprint density at radius 1 is 1.15 bits per heavy atom. The molecule has 9 heteroatoms. The number of aromatic nitrogens is 1. The Hall–Kier alpha value is -3.67. The second kappa shape index (κ2) is 9.45. The van der Waals surface area contributed by atoms with Crippen molar-refractivity contribution in [2.24, 2.45) is 5.92 Å². The molecule has 3 heterocycles. The first kappa shape index (κ1) is 22.5. The van der Waals surface area contributed by atoms with Gasteiger partial charge in [-0.05, 0) is 42.7 Å².